The average molecular weight is 331 g/mol. The van der Waals surface area contributed by atoms with Gasteiger partial charge in [-0.05, 0) is 42.0 Å². The van der Waals surface area contributed by atoms with Crippen LogP contribution in [-0.2, 0) is 13.1 Å². The topological polar surface area (TPSA) is 56.9 Å². The molecule has 5 heteroatoms. The molecular weight excluding hydrogens is 314 g/mol. The van der Waals surface area contributed by atoms with Crippen LogP contribution in [0.1, 0.15) is 32.5 Å². The van der Waals surface area contributed by atoms with Crippen molar-refractivity contribution in [3.05, 3.63) is 78.1 Å². The van der Waals surface area contributed by atoms with Gasteiger partial charge in [-0.15, -0.1) is 0 Å². The van der Waals surface area contributed by atoms with Crippen LogP contribution in [-0.4, -0.2) is 25.7 Å². The number of Topliss-reactive ketones (excluding diaryl/α,β-unsaturated/α-hetero) is 2. The minimum absolute atomic E-state index is 0.135. The molecule has 0 radical (unpaired) electrons. The van der Waals surface area contributed by atoms with E-state index in [0.29, 0.717) is 13.1 Å². The maximum atomic E-state index is 13.0. The van der Waals surface area contributed by atoms with Gasteiger partial charge in [0, 0.05) is 55.6 Å². The number of rotatable bonds is 3. The van der Waals surface area contributed by atoms with Gasteiger partial charge >= 0.3 is 0 Å². The van der Waals surface area contributed by atoms with Crippen LogP contribution < -0.4 is 0 Å². The van der Waals surface area contributed by atoms with E-state index in [-0.39, 0.29) is 29.3 Å². The lowest BCUT2D eigenvalue weighted by Gasteiger charge is -2.27. The molecule has 25 heavy (non-hydrogen) atoms. The zero-order valence-electron chi connectivity index (χ0n) is 13.6. The molecule has 2 aliphatic rings. The van der Waals surface area contributed by atoms with Gasteiger partial charge in [-0.2, -0.15) is 0 Å². The second-order valence-corrected chi connectivity index (χ2v) is 6.84. The smallest absolute Gasteiger partial charge is 0.184 e. The van der Waals surface area contributed by atoms with E-state index >= 15 is 0 Å². The molecule has 0 bridgehead atoms. The van der Waals surface area contributed by atoms with Crippen molar-refractivity contribution >= 4 is 11.6 Å². The molecule has 0 N–H and O–H groups in total. The van der Waals surface area contributed by atoms with Gasteiger partial charge in [-0.1, -0.05) is 0 Å². The fourth-order valence-electron chi connectivity index (χ4n) is 4.45. The Morgan fingerprint density at radius 3 is 1.84 bits per heavy atom. The third-order valence-electron chi connectivity index (χ3n) is 5.58. The third kappa shape index (κ3) is 2.05. The van der Waals surface area contributed by atoms with Gasteiger partial charge in [0.25, 0.3) is 0 Å². The first-order chi connectivity index (χ1) is 12.2. The third-order valence-corrected chi connectivity index (χ3v) is 5.58. The average Bonchev–Trinajstić information content (AvgIpc) is 3.37. The summed E-state index contributed by atoms with van der Waals surface area (Å²) in [4.78, 5) is 30.1. The van der Waals surface area contributed by atoms with E-state index in [0.717, 1.165) is 17.0 Å². The van der Waals surface area contributed by atoms with Gasteiger partial charge in [0.1, 0.15) is 0 Å². The van der Waals surface area contributed by atoms with Gasteiger partial charge in [-0.25, -0.2) is 0 Å². The van der Waals surface area contributed by atoms with Crippen LogP contribution in [0.2, 0.25) is 0 Å². The Balaban J connectivity index is 1.57. The second kappa shape index (κ2) is 5.28. The summed E-state index contributed by atoms with van der Waals surface area (Å²) in [7, 11) is 0. The van der Waals surface area contributed by atoms with Gasteiger partial charge in [0.05, 0.1) is 11.4 Å². The van der Waals surface area contributed by atoms with E-state index in [1.165, 1.54) is 0 Å². The monoisotopic (exact) mass is 331 g/mol. The highest BCUT2D eigenvalue weighted by Gasteiger charge is 2.45. The summed E-state index contributed by atoms with van der Waals surface area (Å²) < 4.78 is 4.00. The predicted octanol–water partition coefficient (Wildman–Crippen LogP) is 2.79. The lowest BCUT2D eigenvalue weighted by atomic mass is 9.74. The largest absolute Gasteiger partial charge is 0.344 e. The maximum absolute atomic E-state index is 13.0. The molecular formula is C20H17N3O2. The van der Waals surface area contributed by atoms with Crippen LogP contribution in [0, 0.1) is 11.8 Å². The fraction of sp³-hybridized carbons (Fsp3) is 0.250. The van der Waals surface area contributed by atoms with E-state index in [4.69, 9.17) is 0 Å². The van der Waals surface area contributed by atoms with Crippen LogP contribution in [0.5, 0.6) is 0 Å². The van der Waals surface area contributed by atoms with Gasteiger partial charge in [0.15, 0.2) is 11.6 Å². The molecule has 2 atom stereocenters. The molecule has 5 rings (SSSR count). The summed E-state index contributed by atoms with van der Waals surface area (Å²) in [6.45, 7) is 1.26. The second-order valence-electron chi connectivity index (χ2n) is 6.84. The molecule has 0 aliphatic carbocycles. The molecule has 0 saturated heterocycles. The Kier molecular flexibility index (Phi) is 3.04. The highest BCUT2D eigenvalue weighted by Crippen LogP contribution is 2.42. The number of carbonyl (C=O) groups excluding carboxylic acids is 2. The van der Waals surface area contributed by atoms with Crippen molar-refractivity contribution in [1.82, 2.24) is 14.1 Å². The highest BCUT2D eigenvalue weighted by atomic mass is 16.1. The van der Waals surface area contributed by atoms with Crippen molar-refractivity contribution in [2.75, 3.05) is 0 Å². The number of nitrogens with zero attached hydrogens (tertiary/aromatic N) is 3. The summed E-state index contributed by atoms with van der Waals surface area (Å²) in [5, 5.41) is 0. The molecule has 5 nitrogen and oxygen atoms in total. The molecule has 2 aliphatic heterocycles. The first-order valence-electron chi connectivity index (χ1n) is 8.52. The number of pyridine rings is 1. The Labute approximate surface area is 144 Å². The normalized spacial score (nSPS) is 21.8. The predicted molar refractivity (Wildman–Crippen MR) is 91.5 cm³/mol. The van der Waals surface area contributed by atoms with Crippen molar-refractivity contribution < 1.29 is 9.59 Å². The molecule has 0 fully saturated rings. The molecule has 0 spiro atoms. The first-order valence-corrected chi connectivity index (χ1v) is 8.52. The summed E-state index contributed by atoms with van der Waals surface area (Å²) >= 11 is 0. The van der Waals surface area contributed by atoms with E-state index in [1.807, 2.05) is 57.9 Å². The highest BCUT2D eigenvalue weighted by molar-refractivity contribution is 6.02. The summed E-state index contributed by atoms with van der Waals surface area (Å²) in [5.41, 5.74) is 2.51. The Morgan fingerprint density at radius 1 is 0.840 bits per heavy atom. The fourth-order valence-corrected chi connectivity index (χ4v) is 4.45. The van der Waals surface area contributed by atoms with E-state index < -0.39 is 0 Å². The molecule has 0 amide bonds. The van der Waals surface area contributed by atoms with Crippen molar-refractivity contribution in [3.8, 4) is 0 Å². The van der Waals surface area contributed by atoms with Gasteiger partial charge in [-0.3, -0.25) is 14.6 Å². The number of ketones is 2. The Hall–Kier alpha value is -2.95. The minimum atomic E-state index is -0.211. The SMILES string of the molecule is O=C1c2cccn2C[C@H]1C(c1ccncc1)[C@@H]1Cn2cccc2C1=O. The van der Waals surface area contributed by atoms with Crippen molar-refractivity contribution in [2.24, 2.45) is 11.8 Å². The zero-order chi connectivity index (χ0) is 17.0. The van der Waals surface area contributed by atoms with E-state index in [1.54, 1.807) is 12.4 Å². The first kappa shape index (κ1) is 14.4. The van der Waals surface area contributed by atoms with Crippen LogP contribution in [0.25, 0.3) is 0 Å². The molecule has 3 aromatic heterocycles. The molecule has 0 saturated carbocycles. The molecule has 5 heterocycles. The summed E-state index contributed by atoms with van der Waals surface area (Å²) in [6, 6.07) is 11.4. The standard InChI is InChI=1S/C20H17N3O2/c24-19-14(11-22-9-1-3-16(19)22)18(13-5-7-21-8-6-13)15-12-23-10-2-4-17(23)20(15)25/h1-10,14-15,18H,11-12H2/t14-,15-/m0/s1. The summed E-state index contributed by atoms with van der Waals surface area (Å²) in [6.07, 6.45) is 7.36. The van der Waals surface area contributed by atoms with Gasteiger partial charge < -0.3 is 9.13 Å². The zero-order valence-corrected chi connectivity index (χ0v) is 13.6. The quantitative estimate of drug-likeness (QED) is 0.741. The molecule has 3 aromatic rings. The number of fused-ring (bicyclic) bond motifs is 2. The lowest BCUT2D eigenvalue weighted by Crippen LogP contribution is -2.30. The minimum Gasteiger partial charge on any atom is -0.344 e. The molecule has 0 aromatic carbocycles. The number of hydrogen-bond acceptors (Lipinski definition) is 3. The number of aromatic nitrogens is 3. The van der Waals surface area contributed by atoms with Crippen molar-refractivity contribution in [3.63, 3.8) is 0 Å². The Morgan fingerprint density at radius 2 is 1.36 bits per heavy atom. The van der Waals surface area contributed by atoms with Crippen LogP contribution in [0.4, 0.5) is 0 Å². The molecule has 0 unspecified atom stereocenters. The van der Waals surface area contributed by atoms with E-state index in [2.05, 4.69) is 4.98 Å². The van der Waals surface area contributed by atoms with Crippen molar-refractivity contribution in [1.29, 1.82) is 0 Å². The molecule has 124 valence electrons. The van der Waals surface area contributed by atoms with Crippen LogP contribution >= 0.6 is 0 Å². The van der Waals surface area contributed by atoms with Crippen LogP contribution in [0.3, 0.4) is 0 Å². The maximum Gasteiger partial charge on any atom is 0.184 e. The van der Waals surface area contributed by atoms with E-state index in [9.17, 15) is 9.59 Å². The lowest BCUT2D eigenvalue weighted by molar-refractivity contribution is 0.0836. The Bertz CT molecular complexity index is 910. The van der Waals surface area contributed by atoms with Gasteiger partial charge in [0.2, 0.25) is 0 Å². The van der Waals surface area contributed by atoms with Crippen molar-refractivity contribution in [2.45, 2.75) is 19.0 Å². The number of hydrogen-bond donors (Lipinski definition) is 0. The summed E-state index contributed by atoms with van der Waals surface area (Å²) in [5.74, 6) is -0.288. The number of carbonyl (C=O) groups is 2. The van der Waals surface area contributed by atoms with Crippen LogP contribution in [0.15, 0.2) is 61.2 Å².